The van der Waals surface area contributed by atoms with Crippen LogP contribution in [0.15, 0.2) is 103 Å². The lowest BCUT2D eigenvalue weighted by molar-refractivity contribution is 0.259. The molecule has 0 heterocycles. The highest BCUT2D eigenvalue weighted by atomic mass is 16.2. The van der Waals surface area contributed by atoms with Crippen molar-refractivity contribution >= 4 is 17.4 Å². The molecular formula is C32H35N3O. The Kier molecular flexibility index (Phi) is 7.44. The predicted octanol–water partition coefficient (Wildman–Crippen LogP) is 7.83. The molecule has 4 aromatic carbocycles. The van der Waals surface area contributed by atoms with Crippen molar-refractivity contribution in [3.63, 3.8) is 0 Å². The average molecular weight is 478 g/mol. The number of hydrogen-bond donors (Lipinski definition) is 3. The molecule has 4 nitrogen and oxygen atoms in total. The van der Waals surface area contributed by atoms with Crippen LogP contribution in [0.2, 0.25) is 0 Å². The molecule has 0 saturated carbocycles. The molecule has 184 valence electrons. The molecule has 0 aliphatic carbocycles. The van der Waals surface area contributed by atoms with Gasteiger partial charge in [-0.05, 0) is 51.8 Å². The van der Waals surface area contributed by atoms with E-state index in [2.05, 4.69) is 123 Å². The van der Waals surface area contributed by atoms with Crippen LogP contribution in [0.25, 0.3) is 0 Å². The summed E-state index contributed by atoms with van der Waals surface area (Å²) in [6, 6.07) is 35.4. The molecule has 2 amide bonds. The highest BCUT2D eigenvalue weighted by Crippen LogP contribution is 2.42. The zero-order valence-corrected chi connectivity index (χ0v) is 21.5. The Bertz CT molecular complexity index is 1170. The van der Waals surface area contributed by atoms with Crippen molar-refractivity contribution < 1.29 is 4.79 Å². The fourth-order valence-corrected chi connectivity index (χ4v) is 4.94. The van der Waals surface area contributed by atoms with Gasteiger partial charge in [0.25, 0.3) is 0 Å². The molecular weight excluding hydrogens is 442 g/mol. The second kappa shape index (κ2) is 10.7. The number of nitrogens with one attached hydrogen (secondary N) is 2. The maximum Gasteiger partial charge on any atom is 0.316 e. The fourth-order valence-electron chi connectivity index (χ4n) is 4.94. The van der Waals surface area contributed by atoms with Crippen LogP contribution in [0.3, 0.4) is 0 Å². The van der Waals surface area contributed by atoms with Crippen molar-refractivity contribution in [3.8, 4) is 0 Å². The summed E-state index contributed by atoms with van der Waals surface area (Å²) in [4.78, 5) is 11.9. The Morgan fingerprint density at radius 2 is 1.03 bits per heavy atom. The van der Waals surface area contributed by atoms with Gasteiger partial charge in [-0.25, -0.2) is 4.79 Å². The SMILES string of the molecule is CC(C)c1cc(NC(c2ccccc2)(c2ccccc2)c2ccccc2)cc(C(C)C)c1NC(N)=O. The molecule has 0 fully saturated rings. The largest absolute Gasteiger partial charge is 0.368 e. The van der Waals surface area contributed by atoms with E-state index in [0.717, 1.165) is 39.2 Å². The summed E-state index contributed by atoms with van der Waals surface area (Å²) in [6.07, 6.45) is 0. The number of nitrogens with two attached hydrogens (primary N) is 1. The van der Waals surface area contributed by atoms with E-state index >= 15 is 0 Å². The van der Waals surface area contributed by atoms with Gasteiger partial charge in [0.1, 0.15) is 5.54 Å². The standard InChI is InChI=1S/C32H35N3O/c1-22(2)28-20-27(21-29(23(3)4)30(28)34-31(33)36)35-32(24-14-8-5-9-15-24,25-16-10-6-11-17-25)26-18-12-7-13-19-26/h5-23,35H,1-4H3,(H3,33,34,36). The molecule has 0 aliphatic heterocycles. The van der Waals surface area contributed by atoms with E-state index in [-0.39, 0.29) is 11.8 Å². The first-order valence-electron chi connectivity index (χ1n) is 12.5. The molecule has 4 aromatic rings. The summed E-state index contributed by atoms with van der Waals surface area (Å²) in [5.74, 6) is 0.372. The zero-order chi connectivity index (χ0) is 25.7. The zero-order valence-electron chi connectivity index (χ0n) is 21.5. The summed E-state index contributed by atoms with van der Waals surface area (Å²) < 4.78 is 0. The summed E-state index contributed by atoms with van der Waals surface area (Å²) >= 11 is 0. The van der Waals surface area contributed by atoms with Gasteiger partial charge >= 0.3 is 6.03 Å². The van der Waals surface area contributed by atoms with Crippen LogP contribution in [-0.2, 0) is 5.54 Å². The molecule has 0 aromatic heterocycles. The lowest BCUT2D eigenvalue weighted by Gasteiger charge is -2.38. The molecule has 4 N–H and O–H groups in total. The van der Waals surface area contributed by atoms with Gasteiger partial charge in [-0.2, -0.15) is 0 Å². The van der Waals surface area contributed by atoms with Crippen LogP contribution < -0.4 is 16.4 Å². The lowest BCUT2D eigenvalue weighted by Crippen LogP contribution is -2.38. The average Bonchev–Trinajstić information content (AvgIpc) is 2.89. The third kappa shape index (κ3) is 4.99. The number of anilines is 2. The van der Waals surface area contributed by atoms with Gasteiger partial charge in [0.15, 0.2) is 0 Å². The second-order valence-electron chi connectivity index (χ2n) is 9.80. The highest BCUT2D eigenvalue weighted by molar-refractivity contribution is 5.91. The summed E-state index contributed by atoms with van der Waals surface area (Å²) in [5, 5.41) is 6.87. The number of urea groups is 1. The van der Waals surface area contributed by atoms with Gasteiger partial charge < -0.3 is 16.4 Å². The number of amides is 2. The van der Waals surface area contributed by atoms with Crippen LogP contribution in [0.1, 0.15) is 67.3 Å². The number of rotatable bonds is 8. The van der Waals surface area contributed by atoms with E-state index in [1.807, 2.05) is 18.2 Å². The third-order valence-corrected chi connectivity index (χ3v) is 6.64. The van der Waals surface area contributed by atoms with Crippen molar-refractivity contribution in [2.75, 3.05) is 10.6 Å². The first-order chi connectivity index (χ1) is 17.3. The van der Waals surface area contributed by atoms with Crippen LogP contribution in [0.4, 0.5) is 16.2 Å². The van der Waals surface area contributed by atoms with Gasteiger partial charge in [0.05, 0.1) is 0 Å². The van der Waals surface area contributed by atoms with Gasteiger partial charge in [0, 0.05) is 11.4 Å². The van der Waals surface area contributed by atoms with Crippen molar-refractivity contribution in [3.05, 3.63) is 131 Å². The molecule has 0 unspecified atom stereocenters. The van der Waals surface area contributed by atoms with Crippen molar-refractivity contribution in [1.29, 1.82) is 0 Å². The minimum Gasteiger partial charge on any atom is -0.368 e. The van der Waals surface area contributed by atoms with E-state index in [0.29, 0.717) is 0 Å². The van der Waals surface area contributed by atoms with Gasteiger partial charge in [-0.3, -0.25) is 0 Å². The Morgan fingerprint density at radius 3 is 1.33 bits per heavy atom. The van der Waals surface area contributed by atoms with Crippen LogP contribution in [-0.4, -0.2) is 6.03 Å². The maximum absolute atomic E-state index is 11.9. The van der Waals surface area contributed by atoms with Gasteiger partial charge in [-0.1, -0.05) is 119 Å². The molecule has 36 heavy (non-hydrogen) atoms. The number of benzene rings is 4. The predicted molar refractivity (Wildman–Crippen MR) is 151 cm³/mol. The van der Waals surface area contributed by atoms with Crippen molar-refractivity contribution in [1.82, 2.24) is 0 Å². The molecule has 0 atom stereocenters. The number of carbonyl (C=O) groups is 1. The first kappa shape index (κ1) is 25.1. The van der Waals surface area contributed by atoms with E-state index in [1.165, 1.54) is 0 Å². The Balaban J connectivity index is 2.01. The summed E-state index contributed by atoms with van der Waals surface area (Å²) in [5.41, 5.74) is 12.2. The summed E-state index contributed by atoms with van der Waals surface area (Å²) in [6.45, 7) is 8.53. The minimum atomic E-state index is -0.634. The van der Waals surface area contributed by atoms with Crippen LogP contribution in [0.5, 0.6) is 0 Å². The van der Waals surface area contributed by atoms with Gasteiger partial charge in [0.2, 0.25) is 0 Å². The van der Waals surface area contributed by atoms with Gasteiger partial charge in [-0.15, -0.1) is 0 Å². The van der Waals surface area contributed by atoms with Crippen LogP contribution in [0, 0.1) is 0 Å². The molecule has 0 aliphatic rings. The monoisotopic (exact) mass is 477 g/mol. The third-order valence-electron chi connectivity index (χ3n) is 6.64. The molecule has 0 saturated heterocycles. The smallest absolute Gasteiger partial charge is 0.316 e. The summed E-state index contributed by atoms with van der Waals surface area (Å²) in [7, 11) is 0. The first-order valence-corrected chi connectivity index (χ1v) is 12.5. The molecule has 0 spiro atoms. The van der Waals surface area contributed by atoms with E-state index in [1.54, 1.807) is 0 Å². The Hall–Kier alpha value is -4.05. The highest BCUT2D eigenvalue weighted by Gasteiger charge is 2.36. The topological polar surface area (TPSA) is 67.2 Å². The minimum absolute atomic E-state index is 0.186. The Labute approximate surface area is 214 Å². The molecule has 0 radical (unpaired) electrons. The lowest BCUT2D eigenvalue weighted by atomic mass is 9.76. The van der Waals surface area contributed by atoms with Crippen molar-refractivity contribution in [2.45, 2.75) is 45.1 Å². The molecule has 4 rings (SSSR count). The fraction of sp³-hybridized carbons (Fsp3) is 0.219. The number of primary amides is 1. The quantitative estimate of drug-likeness (QED) is 0.226. The Morgan fingerprint density at radius 1 is 0.667 bits per heavy atom. The van der Waals surface area contributed by atoms with Crippen LogP contribution >= 0.6 is 0 Å². The van der Waals surface area contributed by atoms with Crippen molar-refractivity contribution in [2.24, 2.45) is 5.73 Å². The molecule has 4 heteroatoms. The second-order valence-corrected chi connectivity index (χ2v) is 9.80. The van der Waals surface area contributed by atoms with E-state index < -0.39 is 11.6 Å². The molecule has 0 bridgehead atoms. The number of hydrogen-bond acceptors (Lipinski definition) is 2. The van der Waals surface area contributed by atoms with E-state index in [4.69, 9.17) is 5.73 Å². The maximum atomic E-state index is 11.9. The van der Waals surface area contributed by atoms with E-state index in [9.17, 15) is 4.79 Å². The normalized spacial score (nSPS) is 11.5. The number of carbonyl (C=O) groups excluding carboxylic acids is 1.